The number of hydrogen-bond donors (Lipinski definition) is 1. The third-order valence-corrected chi connectivity index (χ3v) is 2.89. The first kappa shape index (κ1) is 11.5. The Labute approximate surface area is 95.2 Å². The number of tetrazole rings is 1. The number of aryl methyl sites for hydroxylation is 1. The molecule has 0 amide bonds. The number of β-amino-alcohol motifs (C(OH)–C–C–N with tert-alkyl or cyclic N) is 1. The number of likely N-dealkylation sites (tertiary alicyclic amines) is 1. The predicted molar refractivity (Wildman–Crippen MR) is 58.6 cm³/mol. The normalized spacial score (nSPS) is 22.5. The van der Waals surface area contributed by atoms with Crippen molar-refractivity contribution in [1.29, 1.82) is 0 Å². The fourth-order valence-corrected chi connectivity index (χ4v) is 2.10. The van der Waals surface area contributed by atoms with Gasteiger partial charge in [-0.3, -0.25) is 4.90 Å². The number of aromatic nitrogens is 4. The second-order valence-electron chi connectivity index (χ2n) is 4.35. The van der Waals surface area contributed by atoms with Crippen LogP contribution in [0.2, 0.25) is 0 Å². The van der Waals surface area contributed by atoms with Gasteiger partial charge < -0.3 is 5.11 Å². The van der Waals surface area contributed by atoms with Crippen molar-refractivity contribution >= 4 is 0 Å². The van der Waals surface area contributed by atoms with E-state index in [4.69, 9.17) is 0 Å². The zero-order valence-corrected chi connectivity index (χ0v) is 9.71. The highest BCUT2D eigenvalue weighted by Gasteiger charge is 2.19. The van der Waals surface area contributed by atoms with Gasteiger partial charge in [-0.25, -0.2) is 4.68 Å². The van der Waals surface area contributed by atoms with Gasteiger partial charge in [0.2, 0.25) is 0 Å². The van der Waals surface area contributed by atoms with Crippen molar-refractivity contribution < 1.29 is 5.11 Å². The first-order valence-electron chi connectivity index (χ1n) is 5.95. The second-order valence-corrected chi connectivity index (χ2v) is 4.35. The summed E-state index contributed by atoms with van der Waals surface area (Å²) in [5.74, 6) is 0.899. The van der Waals surface area contributed by atoms with E-state index in [1.54, 1.807) is 0 Å². The summed E-state index contributed by atoms with van der Waals surface area (Å²) in [6.07, 6.45) is 2.80. The van der Waals surface area contributed by atoms with Crippen LogP contribution in [0.1, 0.15) is 32.0 Å². The number of hydrogen-bond acceptors (Lipinski definition) is 5. The largest absolute Gasteiger partial charge is 0.392 e. The molecule has 2 rings (SSSR count). The maximum atomic E-state index is 9.58. The van der Waals surface area contributed by atoms with Crippen LogP contribution in [0.4, 0.5) is 0 Å². The van der Waals surface area contributed by atoms with E-state index in [0.717, 1.165) is 51.3 Å². The number of aliphatic hydroxyl groups excluding tert-OH is 1. The Balaban J connectivity index is 1.94. The lowest BCUT2D eigenvalue weighted by atomic mass is 10.1. The van der Waals surface area contributed by atoms with Crippen LogP contribution in [-0.4, -0.2) is 49.4 Å². The molecule has 6 nitrogen and oxygen atoms in total. The fourth-order valence-electron chi connectivity index (χ4n) is 2.10. The smallest absolute Gasteiger partial charge is 0.165 e. The van der Waals surface area contributed by atoms with Gasteiger partial charge in [0, 0.05) is 13.1 Å². The van der Waals surface area contributed by atoms with E-state index >= 15 is 0 Å². The molecule has 1 aliphatic rings. The van der Waals surface area contributed by atoms with E-state index in [1.165, 1.54) is 0 Å². The summed E-state index contributed by atoms with van der Waals surface area (Å²) in [6.45, 7) is 5.47. The van der Waals surface area contributed by atoms with Crippen LogP contribution in [0.5, 0.6) is 0 Å². The molecule has 16 heavy (non-hydrogen) atoms. The molecule has 2 heterocycles. The predicted octanol–water partition coefficient (Wildman–Crippen LogP) is 0.0398. The van der Waals surface area contributed by atoms with E-state index in [9.17, 15) is 5.11 Å². The van der Waals surface area contributed by atoms with Crippen molar-refractivity contribution in [3.63, 3.8) is 0 Å². The average molecular weight is 225 g/mol. The minimum atomic E-state index is -0.191. The molecule has 1 aliphatic heterocycles. The van der Waals surface area contributed by atoms with Crippen LogP contribution in [-0.2, 0) is 13.1 Å². The maximum Gasteiger partial charge on any atom is 0.165 e. The summed E-state index contributed by atoms with van der Waals surface area (Å²) in [6, 6.07) is 0. The third kappa shape index (κ3) is 2.76. The quantitative estimate of drug-likeness (QED) is 0.783. The van der Waals surface area contributed by atoms with Gasteiger partial charge >= 0.3 is 0 Å². The number of aliphatic hydroxyl groups is 1. The van der Waals surface area contributed by atoms with Crippen molar-refractivity contribution in [3.05, 3.63) is 5.82 Å². The molecule has 0 aromatic carbocycles. The summed E-state index contributed by atoms with van der Waals surface area (Å²) in [5, 5.41) is 21.3. The Kier molecular flexibility index (Phi) is 3.84. The summed E-state index contributed by atoms with van der Waals surface area (Å²) < 4.78 is 1.85. The zero-order valence-electron chi connectivity index (χ0n) is 9.71. The zero-order chi connectivity index (χ0) is 11.4. The van der Waals surface area contributed by atoms with Gasteiger partial charge in [0.1, 0.15) is 0 Å². The molecule has 0 saturated carbocycles. The number of piperidine rings is 1. The lowest BCUT2D eigenvalue weighted by Gasteiger charge is -2.29. The molecule has 1 aromatic heterocycles. The van der Waals surface area contributed by atoms with Crippen LogP contribution in [0.15, 0.2) is 0 Å². The molecule has 6 heteroatoms. The van der Waals surface area contributed by atoms with Crippen LogP contribution >= 0.6 is 0 Å². The molecule has 1 atom stereocenters. The van der Waals surface area contributed by atoms with E-state index in [2.05, 4.69) is 27.3 Å². The fraction of sp³-hybridized carbons (Fsp3) is 0.900. The topological polar surface area (TPSA) is 67.1 Å². The number of rotatable bonds is 4. The molecule has 0 aliphatic carbocycles. The molecule has 0 spiro atoms. The summed E-state index contributed by atoms with van der Waals surface area (Å²) in [5.41, 5.74) is 0. The first-order valence-corrected chi connectivity index (χ1v) is 5.95. The minimum absolute atomic E-state index is 0.191. The highest BCUT2D eigenvalue weighted by atomic mass is 16.3. The van der Waals surface area contributed by atoms with Crippen molar-refractivity contribution in [1.82, 2.24) is 25.1 Å². The van der Waals surface area contributed by atoms with E-state index in [1.807, 2.05) is 4.68 Å². The Hall–Kier alpha value is -1.01. The van der Waals surface area contributed by atoms with E-state index < -0.39 is 0 Å². The molecule has 1 unspecified atom stereocenters. The summed E-state index contributed by atoms with van der Waals surface area (Å²) >= 11 is 0. The lowest BCUT2D eigenvalue weighted by molar-refractivity contribution is 0.0647. The molecule has 1 saturated heterocycles. The van der Waals surface area contributed by atoms with Gasteiger partial charge in [0.15, 0.2) is 5.82 Å². The van der Waals surface area contributed by atoms with Gasteiger partial charge in [-0.15, -0.1) is 5.10 Å². The SMILES string of the molecule is CCCn1nnnc1CN1CCCC(O)C1. The van der Waals surface area contributed by atoms with Crippen molar-refractivity contribution in [2.45, 2.75) is 45.4 Å². The van der Waals surface area contributed by atoms with E-state index in [-0.39, 0.29) is 6.10 Å². The molecule has 1 fully saturated rings. The Morgan fingerprint density at radius 3 is 3.12 bits per heavy atom. The van der Waals surface area contributed by atoms with E-state index in [0.29, 0.717) is 0 Å². The average Bonchev–Trinajstić information content (AvgIpc) is 2.66. The van der Waals surface area contributed by atoms with Crippen LogP contribution in [0.3, 0.4) is 0 Å². The van der Waals surface area contributed by atoms with Crippen molar-refractivity contribution in [2.75, 3.05) is 13.1 Å². The van der Waals surface area contributed by atoms with Crippen LogP contribution in [0, 0.1) is 0 Å². The monoisotopic (exact) mass is 225 g/mol. The van der Waals surface area contributed by atoms with Crippen molar-refractivity contribution in [2.24, 2.45) is 0 Å². The Bertz CT molecular complexity index is 327. The maximum absolute atomic E-state index is 9.58. The summed E-state index contributed by atoms with van der Waals surface area (Å²) in [7, 11) is 0. The van der Waals surface area contributed by atoms with Crippen molar-refractivity contribution in [3.8, 4) is 0 Å². The van der Waals surface area contributed by atoms with Crippen LogP contribution in [0.25, 0.3) is 0 Å². The van der Waals surface area contributed by atoms with Gasteiger partial charge in [-0.05, 0) is 36.2 Å². The highest BCUT2D eigenvalue weighted by Crippen LogP contribution is 2.12. The molecule has 1 aromatic rings. The molecule has 90 valence electrons. The Morgan fingerprint density at radius 1 is 1.50 bits per heavy atom. The number of nitrogens with zero attached hydrogens (tertiary/aromatic N) is 5. The first-order chi connectivity index (χ1) is 7.79. The van der Waals surface area contributed by atoms with Crippen LogP contribution < -0.4 is 0 Å². The Morgan fingerprint density at radius 2 is 2.38 bits per heavy atom. The molecular formula is C10H19N5O. The van der Waals surface area contributed by atoms with Gasteiger partial charge in [0.05, 0.1) is 12.6 Å². The standard InChI is InChI=1S/C10H19N5O/c1-2-5-15-10(11-12-13-15)8-14-6-3-4-9(16)7-14/h9,16H,2-8H2,1H3. The molecule has 1 N–H and O–H groups in total. The minimum Gasteiger partial charge on any atom is -0.392 e. The molecule has 0 radical (unpaired) electrons. The van der Waals surface area contributed by atoms with Gasteiger partial charge in [0.25, 0.3) is 0 Å². The highest BCUT2D eigenvalue weighted by molar-refractivity contribution is 4.83. The lowest BCUT2D eigenvalue weighted by Crippen LogP contribution is -2.38. The molecular weight excluding hydrogens is 206 g/mol. The van der Waals surface area contributed by atoms with Gasteiger partial charge in [-0.1, -0.05) is 6.92 Å². The molecule has 0 bridgehead atoms. The third-order valence-electron chi connectivity index (χ3n) is 2.89. The second kappa shape index (κ2) is 5.36. The summed E-state index contributed by atoms with van der Waals surface area (Å²) in [4.78, 5) is 2.21. The van der Waals surface area contributed by atoms with Gasteiger partial charge in [-0.2, -0.15) is 0 Å².